The van der Waals surface area contributed by atoms with Crippen molar-refractivity contribution in [3.8, 4) is 0 Å². The molecule has 2 aromatic carbocycles. The van der Waals surface area contributed by atoms with Crippen molar-refractivity contribution in [3.05, 3.63) is 65.2 Å². The van der Waals surface area contributed by atoms with E-state index in [0.717, 1.165) is 31.2 Å². The number of nitrogens with zero attached hydrogens (tertiary/aromatic N) is 1. The van der Waals surface area contributed by atoms with Crippen molar-refractivity contribution in [2.45, 2.75) is 43.2 Å². The van der Waals surface area contributed by atoms with E-state index in [1.807, 2.05) is 30.3 Å². The van der Waals surface area contributed by atoms with Crippen molar-refractivity contribution in [1.82, 2.24) is 9.62 Å². The molecule has 0 radical (unpaired) electrons. The lowest BCUT2D eigenvalue weighted by molar-refractivity contribution is -0.122. The highest BCUT2D eigenvalue weighted by atomic mass is 35.5. The number of sulfonamides is 1. The minimum atomic E-state index is -3.86. The second kappa shape index (κ2) is 8.87. The Kier molecular flexibility index (Phi) is 6.52. The van der Waals surface area contributed by atoms with Gasteiger partial charge in [-0.05, 0) is 36.6 Å². The van der Waals surface area contributed by atoms with Gasteiger partial charge >= 0.3 is 0 Å². The van der Waals surface area contributed by atoms with Gasteiger partial charge in [0, 0.05) is 17.6 Å². The van der Waals surface area contributed by atoms with Crippen LogP contribution in [0.2, 0.25) is 5.02 Å². The molecule has 1 fully saturated rings. The van der Waals surface area contributed by atoms with Crippen LogP contribution in [0.5, 0.6) is 0 Å². The maximum atomic E-state index is 13.1. The molecule has 1 saturated carbocycles. The van der Waals surface area contributed by atoms with Gasteiger partial charge in [0.25, 0.3) is 0 Å². The molecule has 0 aliphatic heterocycles. The van der Waals surface area contributed by atoms with Gasteiger partial charge in [-0.25, -0.2) is 8.42 Å². The molecule has 1 amide bonds. The van der Waals surface area contributed by atoms with Crippen molar-refractivity contribution < 1.29 is 13.2 Å². The topological polar surface area (TPSA) is 66.5 Å². The van der Waals surface area contributed by atoms with Gasteiger partial charge in [0.2, 0.25) is 15.9 Å². The lowest BCUT2D eigenvalue weighted by atomic mass is 10.2. The molecule has 0 atom stereocenters. The molecule has 1 aliphatic carbocycles. The average molecular weight is 407 g/mol. The molecule has 0 bridgehead atoms. The number of rotatable bonds is 7. The third-order valence-electron chi connectivity index (χ3n) is 4.68. The van der Waals surface area contributed by atoms with E-state index in [1.165, 1.54) is 16.4 Å². The molecule has 0 spiro atoms. The minimum Gasteiger partial charge on any atom is -0.352 e. The fraction of sp³-hybridized carbons (Fsp3) is 0.350. The maximum Gasteiger partial charge on any atom is 0.243 e. The van der Waals surface area contributed by atoms with Crippen LogP contribution in [0.1, 0.15) is 31.2 Å². The summed E-state index contributed by atoms with van der Waals surface area (Å²) in [5, 5.41) is 3.30. The summed E-state index contributed by atoms with van der Waals surface area (Å²) in [5.41, 5.74) is 0.816. The molecular formula is C20H23ClN2O3S. The van der Waals surface area contributed by atoms with E-state index in [-0.39, 0.29) is 29.9 Å². The summed E-state index contributed by atoms with van der Waals surface area (Å²) in [6, 6.07) is 15.5. The first-order valence-corrected chi connectivity index (χ1v) is 10.9. The molecule has 2 aromatic rings. The normalized spacial score (nSPS) is 15.2. The monoisotopic (exact) mass is 406 g/mol. The molecule has 0 unspecified atom stereocenters. The van der Waals surface area contributed by atoms with E-state index in [4.69, 9.17) is 11.6 Å². The molecule has 0 saturated heterocycles. The molecule has 7 heteroatoms. The average Bonchev–Trinajstić information content (AvgIpc) is 3.15. The smallest absolute Gasteiger partial charge is 0.243 e. The number of hydrogen-bond acceptors (Lipinski definition) is 3. The molecule has 5 nitrogen and oxygen atoms in total. The largest absolute Gasteiger partial charge is 0.352 e. The molecule has 144 valence electrons. The Morgan fingerprint density at radius 1 is 1.07 bits per heavy atom. The number of carbonyl (C=O) groups is 1. The molecule has 27 heavy (non-hydrogen) atoms. The first-order chi connectivity index (χ1) is 12.9. The van der Waals surface area contributed by atoms with Crippen LogP contribution in [-0.4, -0.2) is 31.2 Å². The van der Waals surface area contributed by atoms with Crippen LogP contribution in [0.3, 0.4) is 0 Å². The highest BCUT2D eigenvalue weighted by molar-refractivity contribution is 7.89. The molecular weight excluding hydrogens is 384 g/mol. The molecule has 0 aromatic heterocycles. The SMILES string of the molecule is O=C(CN(Cc1ccccc1)S(=O)(=O)c1cccc(Cl)c1)NC1CCCC1. The number of hydrogen-bond donors (Lipinski definition) is 1. The third kappa shape index (κ3) is 5.31. The van der Waals surface area contributed by atoms with Gasteiger partial charge in [-0.2, -0.15) is 4.31 Å². The number of halogens is 1. The molecule has 1 N–H and O–H groups in total. The van der Waals surface area contributed by atoms with Crippen LogP contribution < -0.4 is 5.32 Å². The summed E-state index contributed by atoms with van der Waals surface area (Å²) in [6.45, 7) is -0.103. The zero-order valence-corrected chi connectivity index (χ0v) is 16.5. The van der Waals surface area contributed by atoms with E-state index < -0.39 is 10.0 Å². The second-order valence-electron chi connectivity index (χ2n) is 6.76. The summed E-state index contributed by atoms with van der Waals surface area (Å²) < 4.78 is 27.5. The molecule has 1 aliphatic rings. The van der Waals surface area contributed by atoms with Crippen LogP contribution in [0, 0.1) is 0 Å². The van der Waals surface area contributed by atoms with E-state index in [9.17, 15) is 13.2 Å². The number of carbonyl (C=O) groups excluding carboxylic acids is 1. The zero-order chi connectivity index (χ0) is 19.3. The lowest BCUT2D eigenvalue weighted by Gasteiger charge is -2.23. The Labute approximate surface area is 165 Å². The first-order valence-electron chi connectivity index (χ1n) is 9.04. The summed E-state index contributed by atoms with van der Waals surface area (Å²) in [6.07, 6.45) is 4.09. The van der Waals surface area contributed by atoms with E-state index in [0.29, 0.717) is 5.02 Å². The van der Waals surface area contributed by atoms with Crippen LogP contribution in [0.4, 0.5) is 0 Å². The van der Waals surface area contributed by atoms with Crippen molar-refractivity contribution in [2.75, 3.05) is 6.54 Å². The van der Waals surface area contributed by atoms with Crippen molar-refractivity contribution in [2.24, 2.45) is 0 Å². The lowest BCUT2D eigenvalue weighted by Crippen LogP contribution is -2.43. The predicted octanol–water partition coefficient (Wildman–Crippen LogP) is 3.59. The Bertz CT molecular complexity index is 881. The van der Waals surface area contributed by atoms with Crippen molar-refractivity contribution >= 4 is 27.5 Å². The highest BCUT2D eigenvalue weighted by Crippen LogP contribution is 2.22. The van der Waals surface area contributed by atoms with Crippen LogP contribution >= 0.6 is 11.6 Å². The first kappa shape index (κ1) is 19.9. The standard InChI is InChI=1S/C20H23ClN2O3S/c21-17-9-6-12-19(13-17)27(25,26)23(14-16-7-2-1-3-8-16)15-20(24)22-18-10-4-5-11-18/h1-3,6-9,12-13,18H,4-5,10-11,14-15H2,(H,22,24). The molecule has 3 rings (SSSR count). The summed E-state index contributed by atoms with van der Waals surface area (Å²) >= 11 is 5.97. The number of benzene rings is 2. The summed E-state index contributed by atoms with van der Waals surface area (Å²) in [4.78, 5) is 12.6. The van der Waals surface area contributed by atoms with Crippen LogP contribution in [0.15, 0.2) is 59.5 Å². The predicted molar refractivity (Wildman–Crippen MR) is 106 cm³/mol. The van der Waals surface area contributed by atoms with E-state index >= 15 is 0 Å². The maximum absolute atomic E-state index is 13.1. The van der Waals surface area contributed by atoms with Crippen LogP contribution in [-0.2, 0) is 21.4 Å². The van der Waals surface area contributed by atoms with Crippen molar-refractivity contribution in [1.29, 1.82) is 0 Å². The van der Waals surface area contributed by atoms with Gasteiger partial charge in [0.1, 0.15) is 0 Å². The quantitative estimate of drug-likeness (QED) is 0.764. The van der Waals surface area contributed by atoms with Crippen LogP contribution in [0.25, 0.3) is 0 Å². The van der Waals surface area contributed by atoms with Gasteiger partial charge < -0.3 is 5.32 Å². The Balaban J connectivity index is 1.83. The van der Waals surface area contributed by atoms with E-state index in [2.05, 4.69) is 5.32 Å². The fourth-order valence-corrected chi connectivity index (χ4v) is 4.98. The number of amides is 1. The second-order valence-corrected chi connectivity index (χ2v) is 9.14. The van der Waals surface area contributed by atoms with Gasteiger partial charge in [-0.3, -0.25) is 4.79 Å². The summed E-state index contributed by atoms with van der Waals surface area (Å²) in [5.74, 6) is -0.275. The van der Waals surface area contributed by atoms with Gasteiger partial charge in [-0.1, -0.05) is 60.8 Å². The van der Waals surface area contributed by atoms with Gasteiger partial charge in [-0.15, -0.1) is 0 Å². The number of nitrogens with one attached hydrogen (secondary N) is 1. The Hall–Kier alpha value is -1.89. The van der Waals surface area contributed by atoms with E-state index in [1.54, 1.807) is 12.1 Å². The third-order valence-corrected chi connectivity index (χ3v) is 6.70. The van der Waals surface area contributed by atoms with Gasteiger partial charge in [0.15, 0.2) is 0 Å². The minimum absolute atomic E-state index is 0.0830. The Morgan fingerprint density at radius 3 is 2.44 bits per heavy atom. The zero-order valence-electron chi connectivity index (χ0n) is 15.0. The van der Waals surface area contributed by atoms with Gasteiger partial charge in [0.05, 0.1) is 11.4 Å². The fourth-order valence-electron chi connectivity index (χ4n) is 3.29. The highest BCUT2D eigenvalue weighted by Gasteiger charge is 2.28. The molecule has 0 heterocycles. The summed E-state index contributed by atoms with van der Waals surface area (Å²) in [7, 11) is -3.86. The Morgan fingerprint density at radius 2 is 1.78 bits per heavy atom. The van der Waals surface area contributed by atoms with Crippen molar-refractivity contribution in [3.63, 3.8) is 0 Å².